The highest BCUT2D eigenvalue weighted by molar-refractivity contribution is 6.64. The Hall–Kier alpha value is -0.610. The summed E-state index contributed by atoms with van der Waals surface area (Å²) in [6.45, 7) is 0. The van der Waals surface area contributed by atoms with Crippen molar-refractivity contribution in [2.24, 2.45) is 5.73 Å². The molecule has 0 aliphatic heterocycles. The third-order valence-electron chi connectivity index (χ3n) is 1.30. The lowest BCUT2D eigenvalue weighted by Gasteiger charge is -2.08. The zero-order chi connectivity index (χ0) is 8.85. The van der Waals surface area contributed by atoms with Crippen molar-refractivity contribution < 1.29 is 9.59 Å². The molecule has 0 unspecified atom stereocenters. The summed E-state index contributed by atoms with van der Waals surface area (Å²) >= 11 is 5.17. The number of nitrogens with one attached hydrogen (secondary N) is 1. The second kappa shape index (κ2) is 5.09. The molecule has 0 fully saturated rings. The lowest BCUT2D eigenvalue weighted by molar-refractivity contribution is -0.118. The van der Waals surface area contributed by atoms with E-state index < -0.39 is 17.2 Å². The highest BCUT2D eigenvalue weighted by Crippen LogP contribution is 1.99. The van der Waals surface area contributed by atoms with Crippen LogP contribution < -0.4 is 11.1 Å². The lowest BCUT2D eigenvalue weighted by atomic mass is 10.2. The van der Waals surface area contributed by atoms with Crippen LogP contribution in [0.4, 0.5) is 0 Å². The summed E-state index contributed by atoms with van der Waals surface area (Å²) in [6, 6.07) is -0.468. The fourth-order valence-electron chi connectivity index (χ4n) is 0.658. The zero-order valence-corrected chi connectivity index (χ0v) is 7.02. The molecule has 0 saturated heterocycles. The van der Waals surface area contributed by atoms with Gasteiger partial charge in [0.05, 0.1) is 6.04 Å². The largest absolute Gasteiger partial charge is 0.370 e. The Kier molecular flexibility index (Phi) is 4.81. The van der Waals surface area contributed by atoms with E-state index in [1.54, 1.807) is 7.05 Å². The molecule has 0 saturated carbocycles. The van der Waals surface area contributed by atoms with Gasteiger partial charge in [-0.15, -0.1) is 0 Å². The molecule has 11 heavy (non-hydrogen) atoms. The maximum atomic E-state index is 10.5. The number of hydrogen-bond donors (Lipinski definition) is 2. The van der Waals surface area contributed by atoms with Gasteiger partial charge in [-0.05, 0) is 25.1 Å². The lowest BCUT2D eigenvalue weighted by Crippen LogP contribution is -2.32. The molecule has 0 aliphatic carbocycles. The van der Waals surface area contributed by atoms with Crippen molar-refractivity contribution in [3.63, 3.8) is 0 Å². The molecular formula is C6H11ClN2O2. The molecule has 4 nitrogen and oxygen atoms in total. The van der Waals surface area contributed by atoms with E-state index in [-0.39, 0.29) is 6.42 Å². The quantitative estimate of drug-likeness (QED) is 0.563. The summed E-state index contributed by atoms with van der Waals surface area (Å²) in [7, 11) is 1.60. The van der Waals surface area contributed by atoms with Crippen molar-refractivity contribution in [1.82, 2.24) is 5.32 Å². The Labute approximate surface area is 70.1 Å². The second-order valence-electron chi connectivity index (χ2n) is 2.15. The fraction of sp³-hybridized carbons (Fsp3) is 0.667. The number of carbonyl (C=O) groups excluding carboxylic acids is 2. The third-order valence-corrected chi connectivity index (χ3v) is 1.57. The zero-order valence-electron chi connectivity index (χ0n) is 6.26. The smallest absolute Gasteiger partial charge is 0.238 e. The van der Waals surface area contributed by atoms with Crippen LogP contribution in [0.2, 0.25) is 0 Å². The Balaban J connectivity index is 3.70. The van der Waals surface area contributed by atoms with Crippen LogP contribution >= 0.6 is 11.6 Å². The van der Waals surface area contributed by atoms with Crippen LogP contribution in [0.1, 0.15) is 12.8 Å². The predicted octanol–water partition coefficient (Wildman–Crippen LogP) is -0.395. The Morgan fingerprint density at radius 3 is 2.45 bits per heavy atom. The Bertz CT molecular complexity index is 161. The molecule has 0 aliphatic rings. The number of primary amides is 1. The summed E-state index contributed by atoms with van der Waals surface area (Å²) in [6.07, 6.45) is 0.526. The van der Waals surface area contributed by atoms with Gasteiger partial charge in [-0.1, -0.05) is 0 Å². The maximum Gasteiger partial charge on any atom is 0.238 e. The van der Waals surface area contributed by atoms with Gasteiger partial charge in [0.1, 0.15) is 0 Å². The van der Waals surface area contributed by atoms with E-state index in [0.717, 1.165) is 0 Å². The first-order valence-corrected chi connectivity index (χ1v) is 3.60. The molecule has 64 valence electrons. The highest BCUT2D eigenvalue weighted by atomic mass is 35.5. The number of rotatable bonds is 5. The molecule has 1 atom stereocenters. The van der Waals surface area contributed by atoms with Gasteiger partial charge in [-0.3, -0.25) is 9.59 Å². The summed E-state index contributed by atoms with van der Waals surface area (Å²) in [5.74, 6) is -0.428. The van der Waals surface area contributed by atoms with Crippen molar-refractivity contribution in [3.05, 3.63) is 0 Å². The van der Waals surface area contributed by atoms with E-state index in [1.165, 1.54) is 0 Å². The minimum atomic E-state index is -0.492. The number of amides is 1. The minimum Gasteiger partial charge on any atom is -0.370 e. The van der Waals surface area contributed by atoms with E-state index in [0.29, 0.717) is 6.42 Å². The van der Waals surface area contributed by atoms with Crippen molar-refractivity contribution in [2.75, 3.05) is 7.05 Å². The van der Waals surface area contributed by atoms with Crippen LogP contribution in [-0.4, -0.2) is 24.2 Å². The van der Waals surface area contributed by atoms with Gasteiger partial charge >= 0.3 is 0 Å². The van der Waals surface area contributed by atoms with E-state index in [2.05, 4.69) is 5.32 Å². The van der Waals surface area contributed by atoms with Gasteiger partial charge in [-0.2, -0.15) is 0 Å². The normalized spacial score (nSPS) is 12.5. The van der Waals surface area contributed by atoms with Crippen molar-refractivity contribution in [1.29, 1.82) is 0 Å². The average Bonchev–Trinajstić information content (AvgIpc) is 1.87. The summed E-state index contributed by atoms with van der Waals surface area (Å²) in [4.78, 5) is 20.8. The molecule has 1 amide bonds. The maximum absolute atomic E-state index is 10.5. The fourth-order valence-corrected chi connectivity index (χ4v) is 0.876. The molecule has 3 N–H and O–H groups in total. The van der Waals surface area contributed by atoms with Crippen molar-refractivity contribution >= 4 is 22.8 Å². The molecular weight excluding hydrogens is 168 g/mol. The van der Waals surface area contributed by atoms with E-state index in [1.807, 2.05) is 0 Å². The van der Waals surface area contributed by atoms with Crippen LogP contribution in [0, 0.1) is 0 Å². The number of likely N-dealkylation sites (N-methyl/N-ethyl adjacent to an activating group) is 1. The van der Waals surface area contributed by atoms with E-state index in [9.17, 15) is 9.59 Å². The topological polar surface area (TPSA) is 72.2 Å². The molecule has 0 aromatic heterocycles. The van der Waals surface area contributed by atoms with Gasteiger partial charge in [0.15, 0.2) is 0 Å². The molecule has 0 aromatic carbocycles. The first kappa shape index (κ1) is 10.4. The first-order chi connectivity index (χ1) is 5.07. The van der Waals surface area contributed by atoms with Crippen molar-refractivity contribution in [2.45, 2.75) is 18.9 Å². The summed E-state index contributed by atoms with van der Waals surface area (Å²) in [5.41, 5.74) is 4.87. The summed E-state index contributed by atoms with van der Waals surface area (Å²) in [5, 5.41) is 2.18. The standard InChI is InChI=1S/C6H11ClN2O2/c1-9-4(6(7)11)2-3-5(8)10/h4,9H,2-3H2,1H3,(H2,8,10)/t4-/m1/s1. The monoisotopic (exact) mass is 178 g/mol. The van der Waals surface area contributed by atoms with E-state index in [4.69, 9.17) is 17.3 Å². The van der Waals surface area contributed by atoms with Crippen LogP contribution in [0.15, 0.2) is 0 Å². The Morgan fingerprint density at radius 2 is 2.18 bits per heavy atom. The first-order valence-electron chi connectivity index (χ1n) is 3.23. The van der Waals surface area contributed by atoms with Crippen LogP contribution in [0.3, 0.4) is 0 Å². The van der Waals surface area contributed by atoms with Crippen molar-refractivity contribution in [3.8, 4) is 0 Å². The molecule has 0 rings (SSSR count). The number of hydrogen-bond acceptors (Lipinski definition) is 3. The molecule has 0 aromatic rings. The molecule has 0 bridgehead atoms. The van der Waals surface area contributed by atoms with Gasteiger partial charge in [-0.25, -0.2) is 0 Å². The van der Waals surface area contributed by atoms with Gasteiger partial charge < -0.3 is 11.1 Å². The van der Waals surface area contributed by atoms with Gasteiger partial charge in [0.2, 0.25) is 11.1 Å². The van der Waals surface area contributed by atoms with Crippen LogP contribution in [0.25, 0.3) is 0 Å². The highest BCUT2D eigenvalue weighted by Gasteiger charge is 2.13. The van der Waals surface area contributed by atoms with Crippen LogP contribution in [0.5, 0.6) is 0 Å². The number of nitrogens with two attached hydrogens (primary N) is 1. The predicted molar refractivity (Wildman–Crippen MR) is 42.1 cm³/mol. The Morgan fingerprint density at radius 1 is 1.64 bits per heavy atom. The van der Waals surface area contributed by atoms with E-state index >= 15 is 0 Å². The molecule has 5 heteroatoms. The molecule has 0 spiro atoms. The second-order valence-corrected chi connectivity index (χ2v) is 2.52. The molecule has 0 radical (unpaired) electrons. The number of carbonyl (C=O) groups is 2. The third kappa shape index (κ3) is 4.75. The SMILES string of the molecule is CN[C@H](CCC(N)=O)C(=O)Cl. The minimum absolute atomic E-state index is 0.171. The van der Waals surface area contributed by atoms with Crippen LogP contribution in [-0.2, 0) is 9.59 Å². The summed E-state index contributed by atoms with van der Waals surface area (Å²) < 4.78 is 0. The van der Waals surface area contributed by atoms with Gasteiger partial charge in [0, 0.05) is 6.42 Å². The average molecular weight is 179 g/mol. The molecule has 0 heterocycles. The van der Waals surface area contributed by atoms with Gasteiger partial charge in [0.25, 0.3) is 0 Å². The number of halogens is 1.